The van der Waals surface area contributed by atoms with Gasteiger partial charge in [0.1, 0.15) is 16.4 Å². The molecule has 0 aliphatic carbocycles. The van der Waals surface area contributed by atoms with Crippen LogP contribution in [0.25, 0.3) is 11.3 Å². The molecule has 112 valence electrons. The van der Waals surface area contributed by atoms with E-state index in [1.165, 1.54) is 20.2 Å². The van der Waals surface area contributed by atoms with Gasteiger partial charge in [-0.2, -0.15) is 15.4 Å². The van der Waals surface area contributed by atoms with Crippen LogP contribution in [-0.4, -0.2) is 48.1 Å². The predicted octanol–water partition coefficient (Wildman–Crippen LogP) is -0.0400. The number of rotatable bonds is 4. The number of nitrogens with zero attached hydrogens (tertiary/aromatic N) is 3. The number of carbonyl (C=O) groups is 1. The van der Waals surface area contributed by atoms with Crippen LogP contribution in [0.15, 0.2) is 23.1 Å². The molecule has 0 saturated carbocycles. The van der Waals surface area contributed by atoms with E-state index >= 15 is 0 Å². The highest BCUT2D eigenvalue weighted by atomic mass is 32.2. The molecule has 2 rings (SSSR count). The Kier molecular flexibility index (Phi) is 3.75. The Bertz CT molecular complexity index is 800. The summed E-state index contributed by atoms with van der Waals surface area (Å²) in [6.45, 7) is 0. The molecule has 1 aromatic carbocycles. The van der Waals surface area contributed by atoms with Gasteiger partial charge in [-0.1, -0.05) is 0 Å². The van der Waals surface area contributed by atoms with Gasteiger partial charge in [0.25, 0.3) is 5.91 Å². The number of aromatic amines is 1. The molecule has 0 bridgehead atoms. The first-order chi connectivity index (χ1) is 9.75. The van der Waals surface area contributed by atoms with Crippen LogP contribution in [0.1, 0.15) is 10.5 Å². The number of hydrogen-bond donors (Lipinski definition) is 2. The topological polar surface area (TPSA) is 122 Å². The third-order valence-electron chi connectivity index (χ3n) is 2.74. The summed E-state index contributed by atoms with van der Waals surface area (Å²) in [7, 11) is -1.40. The second-order valence-corrected chi connectivity index (χ2v) is 6.44. The fourth-order valence-corrected chi connectivity index (χ4v) is 2.63. The van der Waals surface area contributed by atoms with E-state index in [0.29, 0.717) is 0 Å². The number of halogens is 1. The van der Waals surface area contributed by atoms with E-state index in [1.54, 1.807) is 0 Å². The molecule has 0 spiro atoms. The number of amides is 1. The van der Waals surface area contributed by atoms with Gasteiger partial charge in [-0.25, -0.2) is 17.1 Å². The number of aromatic nitrogens is 3. The maximum absolute atomic E-state index is 13.8. The lowest BCUT2D eigenvalue weighted by Gasteiger charge is -2.12. The van der Waals surface area contributed by atoms with Crippen molar-refractivity contribution < 1.29 is 17.6 Å². The number of nitrogens with two attached hydrogens (primary N) is 1. The van der Waals surface area contributed by atoms with Gasteiger partial charge in [0.05, 0.1) is 0 Å². The molecule has 0 fully saturated rings. The van der Waals surface area contributed by atoms with Crippen molar-refractivity contribution >= 4 is 15.9 Å². The minimum Gasteiger partial charge on any atom is -0.364 e. The maximum Gasteiger partial charge on any atom is 0.271 e. The summed E-state index contributed by atoms with van der Waals surface area (Å²) in [6, 6.07) is 3.34. The van der Waals surface area contributed by atoms with Crippen LogP contribution in [0.2, 0.25) is 0 Å². The number of carbonyl (C=O) groups excluding carboxylic acids is 1. The Morgan fingerprint density at radius 2 is 2.00 bits per heavy atom. The van der Waals surface area contributed by atoms with Crippen molar-refractivity contribution in [1.82, 2.24) is 19.7 Å². The Balaban J connectivity index is 2.64. The zero-order valence-corrected chi connectivity index (χ0v) is 12.0. The van der Waals surface area contributed by atoms with Crippen molar-refractivity contribution in [2.75, 3.05) is 14.1 Å². The van der Waals surface area contributed by atoms with Gasteiger partial charge in [0.2, 0.25) is 10.0 Å². The maximum atomic E-state index is 13.8. The summed E-state index contributed by atoms with van der Waals surface area (Å²) in [5.41, 5.74) is 5.24. The molecule has 0 aliphatic rings. The first-order valence-electron chi connectivity index (χ1n) is 5.68. The molecule has 0 radical (unpaired) electrons. The zero-order valence-electron chi connectivity index (χ0n) is 11.2. The van der Waals surface area contributed by atoms with Crippen LogP contribution in [0.3, 0.4) is 0 Å². The molecule has 8 nitrogen and oxygen atoms in total. The molecule has 0 aliphatic heterocycles. The highest BCUT2D eigenvalue weighted by Gasteiger charge is 2.24. The zero-order chi connectivity index (χ0) is 15.8. The largest absolute Gasteiger partial charge is 0.364 e. The average Bonchev–Trinajstić information content (AvgIpc) is 2.88. The van der Waals surface area contributed by atoms with Gasteiger partial charge in [-0.3, -0.25) is 4.79 Å². The van der Waals surface area contributed by atoms with Gasteiger partial charge >= 0.3 is 0 Å². The van der Waals surface area contributed by atoms with Crippen LogP contribution < -0.4 is 5.73 Å². The number of sulfonamides is 1. The molecule has 0 unspecified atom stereocenters. The summed E-state index contributed by atoms with van der Waals surface area (Å²) >= 11 is 0. The fourth-order valence-electron chi connectivity index (χ4n) is 1.65. The molecule has 2 aromatic rings. The van der Waals surface area contributed by atoms with Crippen LogP contribution in [-0.2, 0) is 10.0 Å². The second kappa shape index (κ2) is 5.22. The minimum absolute atomic E-state index is 0.0534. The standard InChI is InChI=1S/C11H12FN5O3S/c1-17(2)21(19,20)8-5-6(3-4-7(8)12)9-10(11(13)18)15-16-14-9/h3-5H,1-2H3,(H2,13,18)(H,14,15,16). The smallest absolute Gasteiger partial charge is 0.271 e. The Morgan fingerprint density at radius 1 is 1.33 bits per heavy atom. The SMILES string of the molecule is CN(C)S(=O)(=O)c1cc(-c2n[nH]nc2C(N)=O)ccc1F. The van der Waals surface area contributed by atoms with E-state index in [-0.39, 0.29) is 17.0 Å². The number of H-pyrrole nitrogens is 1. The quantitative estimate of drug-likeness (QED) is 0.820. The molecule has 3 N–H and O–H groups in total. The average molecular weight is 313 g/mol. The number of benzene rings is 1. The van der Waals surface area contributed by atoms with Gasteiger partial charge in [-0.15, -0.1) is 0 Å². The molecular formula is C11H12FN5O3S. The van der Waals surface area contributed by atoms with Gasteiger partial charge in [0.15, 0.2) is 5.69 Å². The van der Waals surface area contributed by atoms with Crippen LogP contribution in [0.4, 0.5) is 4.39 Å². The monoisotopic (exact) mass is 313 g/mol. The highest BCUT2D eigenvalue weighted by Crippen LogP contribution is 2.26. The fraction of sp³-hybridized carbons (Fsp3) is 0.182. The van der Waals surface area contributed by atoms with E-state index in [0.717, 1.165) is 16.4 Å². The van der Waals surface area contributed by atoms with Crippen molar-refractivity contribution in [2.45, 2.75) is 4.90 Å². The van der Waals surface area contributed by atoms with E-state index < -0.39 is 26.6 Å². The summed E-state index contributed by atoms with van der Waals surface area (Å²) in [5.74, 6) is -1.74. The Morgan fingerprint density at radius 3 is 2.57 bits per heavy atom. The Labute approximate surface area is 119 Å². The first kappa shape index (κ1) is 15.1. The molecule has 21 heavy (non-hydrogen) atoms. The lowest BCUT2D eigenvalue weighted by atomic mass is 10.1. The molecule has 1 amide bonds. The van der Waals surface area contributed by atoms with Crippen LogP contribution >= 0.6 is 0 Å². The summed E-state index contributed by atoms with van der Waals surface area (Å²) in [6.07, 6.45) is 0. The first-order valence-corrected chi connectivity index (χ1v) is 7.12. The van der Waals surface area contributed by atoms with Crippen LogP contribution in [0, 0.1) is 5.82 Å². The van der Waals surface area contributed by atoms with Crippen molar-refractivity contribution in [3.05, 3.63) is 29.7 Å². The molecule has 1 heterocycles. The predicted molar refractivity (Wildman–Crippen MR) is 71.2 cm³/mol. The normalized spacial score (nSPS) is 11.8. The number of primary amides is 1. The summed E-state index contributed by atoms with van der Waals surface area (Å²) in [5, 5.41) is 9.53. The van der Waals surface area contributed by atoms with E-state index in [4.69, 9.17) is 5.73 Å². The third-order valence-corrected chi connectivity index (χ3v) is 4.57. The van der Waals surface area contributed by atoms with Crippen molar-refractivity contribution in [2.24, 2.45) is 5.73 Å². The summed E-state index contributed by atoms with van der Waals surface area (Å²) in [4.78, 5) is 10.7. The summed E-state index contributed by atoms with van der Waals surface area (Å²) < 4.78 is 38.8. The minimum atomic E-state index is -3.97. The van der Waals surface area contributed by atoms with Gasteiger partial charge in [0, 0.05) is 19.7 Å². The van der Waals surface area contributed by atoms with Crippen molar-refractivity contribution in [3.8, 4) is 11.3 Å². The van der Waals surface area contributed by atoms with E-state index in [1.807, 2.05) is 0 Å². The lowest BCUT2D eigenvalue weighted by Crippen LogP contribution is -2.23. The molecular weight excluding hydrogens is 301 g/mol. The Hall–Kier alpha value is -2.33. The number of hydrogen-bond acceptors (Lipinski definition) is 5. The highest BCUT2D eigenvalue weighted by molar-refractivity contribution is 7.89. The molecule has 1 aromatic heterocycles. The molecule has 0 saturated heterocycles. The third kappa shape index (κ3) is 2.62. The van der Waals surface area contributed by atoms with E-state index in [2.05, 4.69) is 15.4 Å². The van der Waals surface area contributed by atoms with Crippen molar-refractivity contribution in [1.29, 1.82) is 0 Å². The number of nitrogens with one attached hydrogen (secondary N) is 1. The van der Waals surface area contributed by atoms with E-state index in [9.17, 15) is 17.6 Å². The lowest BCUT2D eigenvalue weighted by molar-refractivity contribution is 0.0996. The van der Waals surface area contributed by atoms with Crippen LogP contribution in [0.5, 0.6) is 0 Å². The molecule has 0 atom stereocenters. The van der Waals surface area contributed by atoms with Gasteiger partial charge < -0.3 is 5.73 Å². The van der Waals surface area contributed by atoms with Crippen molar-refractivity contribution in [3.63, 3.8) is 0 Å². The second-order valence-electron chi connectivity index (χ2n) is 4.32. The molecule has 10 heteroatoms. The van der Waals surface area contributed by atoms with Gasteiger partial charge in [-0.05, 0) is 18.2 Å².